The monoisotopic (exact) mass is 334 g/mol. The third-order valence-electron chi connectivity index (χ3n) is 5.76. The van der Waals surface area contributed by atoms with Crippen molar-refractivity contribution in [1.29, 1.82) is 0 Å². The third kappa shape index (κ3) is 3.56. The molecular weight excluding hydrogens is 308 g/mol. The van der Waals surface area contributed by atoms with Crippen molar-refractivity contribution in [3.63, 3.8) is 0 Å². The summed E-state index contributed by atoms with van der Waals surface area (Å²) in [7, 11) is 0. The summed E-state index contributed by atoms with van der Waals surface area (Å²) in [6.07, 6.45) is 6.33. The average Bonchev–Trinajstić information content (AvgIpc) is 3.04. The molecule has 23 heavy (non-hydrogen) atoms. The maximum Gasteiger partial charge on any atom is 0.230 e. The molecule has 3 nitrogen and oxygen atoms in total. The van der Waals surface area contributed by atoms with Gasteiger partial charge < -0.3 is 10.6 Å². The molecule has 1 heterocycles. The van der Waals surface area contributed by atoms with E-state index in [0.29, 0.717) is 5.02 Å². The zero-order valence-corrected chi connectivity index (χ0v) is 14.7. The lowest BCUT2D eigenvalue weighted by atomic mass is 9.77. The van der Waals surface area contributed by atoms with Crippen molar-refractivity contribution in [2.24, 2.45) is 5.41 Å². The van der Waals surface area contributed by atoms with Crippen LogP contribution >= 0.6 is 11.6 Å². The number of carbonyl (C=O) groups is 1. The Kier molecular flexibility index (Phi) is 4.98. The second-order valence-corrected chi connectivity index (χ2v) is 7.98. The van der Waals surface area contributed by atoms with Crippen LogP contribution in [0, 0.1) is 5.41 Å². The normalized spacial score (nSPS) is 22.7. The van der Waals surface area contributed by atoms with Crippen LogP contribution < -0.4 is 10.6 Å². The number of amides is 1. The molecule has 126 valence electrons. The molecule has 2 fully saturated rings. The highest BCUT2D eigenvalue weighted by molar-refractivity contribution is 6.30. The summed E-state index contributed by atoms with van der Waals surface area (Å²) in [5.74, 6) is 0.192. The first kappa shape index (κ1) is 16.8. The molecule has 0 radical (unpaired) electrons. The number of hydrogen-bond donors (Lipinski definition) is 2. The fourth-order valence-corrected chi connectivity index (χ4v) is 4.27. The first-order valence-electron chi connectivity index (χ1n) is 8.79. The van der Waals surface area contributed by atoms with E-state index in [1.165, 1.54) is 0 Å². The molecule has 0 aromatic heterocycles. The summed E-state index contributed by atoms with van der Waals surface area (Å²) in [4.78, 5) is 13.1. The van der Waals surface area contributed by atoms with Gasteiger partial charge in [-0.1, -0.05) is 43.5 Å². The van der Waals surface area contributed by atoms with Gasteiger partial charge in [-0.15, -0.1) is 0 Å². The van der Waals surface area contributed by atoms with Gasteiger partial charge in [0.15, 0.2) is 0 Å². The van der Waals surface area contributed by atoms with E-state index in [1.54, 1.807) is 0 Å². The summed E-state index contributed by atoms with van der Waals surface area (Å²) in [6.45, 7) is 5.16. The maximum atomic E-state index is 13.1. The Hall–Kier alpha value is -1.06. The zero-order chi connectivity index (χ0) is 16.3. The second-order valence-electron chi connectivity index (χ2n) is 7.54. The zero-order valence-electron chi connectivity index (χ0n) is 14.0. The van der Waals surface area contributed by atoms with Crippen LogP contribution in [0.4, 0.5) is 0 Å². The number of benzene rings is 1. The molecule has 0 atom stereocenters. The minimum atomic E-state index is -0.381. The fourth-order valence-electron chi connectivity index (χ4n) is 4.08. The van der Waals surface area contributed by atoms with Gasteiger partial charge in [-0.3, -0.25) is 4.79 Å². The van der Waals surface area contributed by atoms with Crippen LogP contribution in [0.3, 0.4) is 0 Å². The highest BCUT2D eigenvalue weighted by Crippen LogP contribution is 2.42. The number of halogens is 1. The van der Waals surface area contributed by atoms with Crippen molar-refractivity contribution < 1.29 is 4.79 Å². The van der Waals surface area contributed by atoms with Gasteiger partial charge in [-0.2, -0.15) is 0 Å². The predicted molar refractivity (Wildman–Crippen MR) is 94.8 cm³/mol. The molecule has 1 saturated carbocycles. The lowest BCUT2D eigenvalue weighted by Crippen LogP contribution is -2.48. The van der Waals surface area contributed by atoms with Crippen molar-refractivity contribution in [1.82, 2.24) is 10.6 Å². The Morgan fingerprint density at radius 1 is 1.22 bits per heavy atom. The van der Waals surface area contributed by atoms with E-state index >= 15 is 0 Å². The summed E-state index contributed by atoms with van der Waals surface area (Å²) < 4.78 is 0. The van der Waals surface area contributed by atoms with Gasteiger partial charge in [-0.05, 0) is 61.9 Å². The van der Waals surface area contributed by atoms with Crippen LogP contribution in [0.15, 0.2) is 24.3 Å². The lowest BCUT2D eigenvalue weighted by molar-refractivity contribution is -0.127. The molecule has 1 aromatic carbocycles. The summed E-state index contributed by atoms with van der Waals surface area (Å²) in [5.41, 5.74) is 0.916. The van der Waals surface area contributed by atoms with Crippen LogP contribution in [0.25, 0.3) is 0 Å². The molecule has 1 amide bonds. The fraction of sp³-hybridized carbons (Fsp3) is 0.632. The topological polar surface area (TPSA) is 41.1 Å². The Bertz CT molecular complexity index is 560. The molecule has 0 bridgehead atoms. The minimum absolute atomic E-state index is 0.192. The van der Waals surface area contributed by atoms with Gasteiger partial charge in [0.05, 0.1) is 5.41 Å². The third-order valence-corrected chi connectivity index (χ3v) is 5.99. The number of rotatable bonds is 4. The lowest BCUT2D eigenvalue weighted by Gasteiger charge is -2.36. The second kappa shape index (κ2) is 6.82. The maximum absolute atomic E-state index is 13.1. The Balaban J connectivity index is 1.74. The highest BCUT2D eigenvalue weighted by atomic mass is 35.5. The van der Waals surface area contributed by atoms with Gasteiger partial charge in [0.1, 0.15) is 0 Å². The molecule has 1 aliphatic heterocycles. The van der Waals surface area contributed by atoms with Crippen molar-refractivity contribution in [3.8, 4) is 0 Å². The Morgan fingerprint density at radius 2 is 1.91 bits per heavy atom. The van der Waals surface area contributed by atoms with Crippen molar-refractivity contribution in [3.05, 3.63) is 34.9 Å². The molecule has 0 unspecified atom stereocenters. The van der Waals surface area contributed by atoms with E-state index in [0.717, 1.165) is 63.7 Å². The predicted octanol–water partition coefficient (Wildman–Crippen LogP) is 3.66. The molecule has 3 rings (SSSR count). The number of hydrogen-bond acceptors (Lipinski definition) is 2. The molecule has 4 heteroatoms. The summed E-state index contributed by atoms with van der Waals surface area (Å²) >= 11 is 6.17. The van der Waals surface area contributed by atoms with E-state index < -0.39 is 0 Å². The van der Waals surface area contributed by atoms with Crippen LogP contribution in [-0.4, -0.2) is 25.5 Å². The SMILES string of the molecule is CC1(CNC(=O)C2(c3cccc(Cl)c3)CCCC2)CCNCC1. The molecule has 1 saturated heterocycles. The largest absolute Gasteiger partial charge is 0.355 e. The average molecular weight is 335 g/mol. The number of piperidine rings is 1. The first-order chi connectivity index (χ1) is 11.0. The van der Waals surface area contributed by atoms with E-state index in [2.05, 4.69) is 23.6 Å². The van der Waals surface area contributed by atoms with Gasteiger partial charge in [0.2, 0.25) is 5.91 Å². The molecule has 2 N–H and O–H groups in total. The van der Waals surface area contributed by atoms with Crippen LogP contribution in [0.1, 0.15) is 51.0 Å². The standard InChI is InChI=1S/C19H27ClN2O/c1-18(9-11-21-12-10-18)14-22-17(23)19(7-2-3-8-19)15-5-4-6-16(20)13-15/h4-6,13,21H,2-3,7-12,14H2,1H3,(H,22,23). The van der Waals surface area contributed by atoms with Gasteiger partial charge >= 0.3 is 0 Å². The van der Waals surface area contributed by atoms with Crippen LogP contribution in [0.5, 0.6) is 0 Å². The first-order valence-corrected chi connectivity index (χ1v) is 9.17. The summed E-state index contributed by atoms with van der Waals surface area (Å²) in [5, 5.41) is 7.39. The van der Waals surface area contributed by atoms with E-state index in [4.69, 9.17) is 11.6 Å². The smallest absolute Gasteiger partial charge is 0.230 e. The molecule has 1 aromatic rings. The van der Waals surface area contributed by atoms with Crippen molar-refractivity contribution >= 4 is 17.5 Å². The highest BCUT2D eigenvalue weighted by Gasteiger charge is 2.43. The number of nitrogens with one attached hydrogen (secondary N) is 2. The van der Waals surface area contributed by atoms with Gasteiger partial charge in [0.25, 0.3) is 0 Å². The Labute approximate surface area is 144 Å². The van der Waals surface area contributed by atoms with Gasteiger partial charge in [-0.25, -0.2) is 0 Å². The summed E-state index contributed by atoms with van der Waals surface area (Å²) in [6, 6.07) is 7.86. The van der Waals surface area contributed by atoms with Crippen LogP contribution in [-0.2, 0) is 10.2 Å². The molecule has 0 spiro atoms. The Morgan fingerprint density at radius 3 is 2.57 bits per heavy atom. The molecular formula is C19H27ClN2O. The van der Waals surface area contributed by atoms with Gasteiger partial charge in [0, 0.05) is 11.6 Å². The van der Waals surface area contributed by atoms with Crippen LogP contribution in [0.2, 0.25) is 5.02 Å². The molecule has 1 aliphatic carbocycles. The number of carbonyl (C=O) groups excluding carboxylic acids is 1. The minimum Gasteiger partial charge on any atom is -0.355 e. The quantitative estimate of drug-likeness (QED) is 0.882. The molecule has 2 aliphatic rings. The van der Waals surface area contributed by atoms with E-state index in [-0.39, 0.29) is 16.7 Å². The van der Waals surface area contributed by atoms with Crippen molar-refractivity contribution in [2.75, 3.05) is 19.6 Å². The van der Waals surface area contributed by atoms with Crippen molar-refractivity contribution in [2.45, 2.75) is 50.9 Å². The van der Waals surface area contributed by atoms with E-state index in [1.807, 2.05) is 18.2 Å². The van der Waals surface area contributed by atoms with E-state index in [9.17, 15) is 4.79 Å².